The Balaban J connectivity index is 1.80. The molecule has 0 fully saturated rings. The van der Waals surface area contributed by atoms with E-state index < -0.39 is 0 Å². The third kappa shape index (κ3) is 2.57. The van der Waals surface area contributed by atoms with Crippen molar-refractivity contribution in [2.75, 3.05) is 0 Å². The largest absolute Gasteiger partial charge is 0.492 e. The second-order valence-electron chi connectivity index (χ2n) is 5.42. The predicted molar refractivity (Wildman–Crippen MR) is 97.6 cm³/mol. The van der Waals surface area contributed by atoms with Crippen LogP contribution in [0.1, 0.15) is 16.0 Å². The smallest absolute Gasteiger partial charge is 0.230 e. The van der Waals surface area contributed by atoms with Crippen molar-refractivity contribution in [2.45, 2.75) is 0 Å². The lowest BCUT2D eigenvalue weighted by Gasteiger charge is -2.12. The van der Waals surface area contributed by atoms with Crippen molar-refractivity contribution in [3.63, 3.8) is 0 Å². The molecule has 1 aromatic heterocycles. The Morgan fingerprint density at radius 1 is 0.958 bits per heavy atom. The number of thiazole rings is 1. The van der Waals surface area contributed by atoms with Gasteiger partial charge in [-0.05, 0) is 23.3 Å². The second kappa shape index (κ2) is 5.91. The van der Waals surface area contributed by atoms with Crippen LogP contribution < -0.4 is 0 Å². The van der Waals surface area contributed by atoms with Gasteiger partial charge in [-0.15, -0.1) is 11.3 Å². The summed E-state index contributed by atoms with van der Waals surface area (Å²) >= 11 is 1.37. The van der Waals surface area contributed by atoms with E-state index in [4.69, 9.17) is 0 Å². The highest BCUT2D eigenvalue weighted by molar-refractivity contribution is 7.16. The number of fused-ring (bicyclic) bond motifs is 1. The van der Waals surface area contributed by atoms with Crippen LogP contribution in [0, 0.1) is 0 Å². The molecule has 1 aliphatic rings. The first-order chi connectivity index (χ1) is 11.7. The van der Waals surface area contributed by atoms with Gasteiger partial charge in [0.25, 0.3) is 0 Å². The average molecular weight is 331 g/mol. The molecule has 1 N–H and O–H groups in total. The number of hydrogen-bond acceptors (Lipinski definition) is 4. The number of allylic oxidation sites excluding steroid dienone is 2. The zero-order valence-corrected chi connectivity index (χ0v) is 13.5. The second-order valence-corrected chi connectivity index (χ2v) is 6.45. The summed E-state index contributed by atoms with van der Waals surface area (Å²) in [4.78, 5) is 17.1. The van der Waals surface area contributed by atoms with Gasteiger partial charge in [-0.25, -0.2) is 4.98 Å². The minimum Gasteiger partial charge on any atom is -0.492 e. The number of nitrogens with zero attached hydrogens (tertiary/aromatic N) is 1. The third-order valence-electron chi connectivity index (χ3n) is 3.86. The first-order valence-corrected chi connectivity index (χ1v) is 8.33. The molecule has 0 radical (unpaired) electrons. The molecule has 0 saturated heterocycles. The van der Waals surface area contributed by atoms with E-state index in [1.54, 1.807) is 12.2 Å². The first-order valence-electron chi connectivity index (χ1n) is 7.51. The molecule has 1 heterocycles. The van der Waals surface area contributed by atoms with Crippen molar-refractivity contribution in [2.24, 2.45) is 0 Å². The number of carbonyl (C=O) groups excluding carboxylic acids is 1. The third-order valence-corrected chi connectivity index (χ3v) is 4.90. The Bertz CT molecular complexity index is 984. The van der Waals surface area contributed by atoms with E-state index in [-0.39, 0.29) is 11.7 Å². The van der Waals surface area contributed by atoms with Gasteiger partial charge in [-0.3, -0.25) is 4.79 Å². The van der Waals surface area contributed by atoms with Crippen LogP contribution in [0.3, 0.4) is 0 Å². The summed E-state index contributed by atoms with van der Waals surface area (Å²) in [6.45, 7) is 0. The molecule has 1 aliphatic carbocycles. The van der Waals surface area contributed by atoms with Crippen molar-refractivity contribution in [3.05, 3.63) is 76.7 Å². The fraction of sp³-hybridized carbons (Fsp3) is 0. The first kappa shape index (κ1) is 14.6. The highest BCUT2D eigenvalue weighted by Crippen LogP contribution is 2.36. The van der Waals surface area contributed by atoms with Crippen LogP contribution in [0.15, 0.2) is 60.7 Å². The van der Waals surface area contributed by atoms with Crippen molar-refractivity contribution in [1.82, 2.24) is 4.98 Å². The highest BCUT2D eigenvalue weighted by Gasteiger charge is 2.19. The van der Waals surface area contributed by atoms with Gasteiger partial charge in [0.1, 0.15) is 5.01 Å². The minimum atomic E-state index is -0.0669. The highest BCUT2D eigenvalue weighted by atomic mass is 32.1. The number of aromatic nitrogens is 1. The lowest BCUT2D eigenvalue weighted by molar-refractivity contribution is -0.109. The maximum Gasteiger partial charge on any atom is 0.230 e. The summed E-state index contributed by atoms with van der Waals surface area (Å²) in [7, 11) is 0. The fourth-order valence-electron chi connectivity index (χ4n) is 2.68. The molecule has 24 heavy (non-hydrogen) atoms. The molecular formula is C20H13NO2S. The average Bonchev–Trinajstić information content (AvgIpc) is 2.99. The molecule has 0 unspecified atom stereocenters. The van der Waals surface area contributed by atoms with Crippen molar-refractivity contribution in [3.8, 4) is 16.5 Å². The Hall–Kier alpha value is -2.98. The van der Waals surface area contributed by atoms with Gasteiger partial charge in [-0.2, -0.15) is 0 Å². The Morgan fingerprint density at radius 3 is 2.54 bits per heavy atom. The summed E-state index contributed by atoms with van der Waals surface area (Å²) in [5.41, 5.74) is 3.39. The fourth-order valence-corrected chi connectivity index (χ4v) is 3.59. The molecule has 0 amide bonds. The minimum absolute atomic E-state index is 0.0498. The van der Waals surface area contributed by atoms with E-state index in [1.165, 1.54) is 11.3 Å². The number of ketones is 1. The lowest BCUT2D eigenvalue weighted by Crippen LogP contribution is -2.04. The quantitative estimate of drug-likeness (QED) is 0.695. The van der Waals surface area contributed by atoms with E-state index in [2.05, 4.69) is 4.98 Å². The molecule has 0 bridgehead atoms. The van der Waals surface area contributed by atoms with Crippen LogP contribution in [0.5, 0.6) is 5.88 Å². The number of carbonyl (C=O) groups is 1. The zero-order valence-electron chi connectivity index (χ0n) is 12.6. The molecule has 3 nitrogen and oxygen atoms in total. The summed E-state index contributed by atoms with van der Waals surface area (Å²) in [6.07, 6.45) is 5.10. The predicted octanol–water partition coefficient (Wildman–Crippen LogP) is 4.65. The van der Waals surface area contributed by atoms with Gasteiger partial charge in [-0.1, -0.05) is 60.7 Å². The Morgan fingerprint density at radius 2 is 1.71 bits per heavy atom. The maximum atomic E-state index is 12.3. The van der Waals surface area contributed by atoms with Crippen LogP contribution in [0.2, 0.25) is 0 Å². The summed E-state index contributed by atoms with van der Waals surface area (Å²) in [5, 5.41) is 10.9. The SMILES string of the molecule is O=C1C=Cc2ccccc2C1=Cc1sc(-c2ccccc2)nc1O. The molecule has 2 aromatic carbocycles. The van der Waals surface area contributed by atoms with Gasteiger partial charge in [0.15, 0.2) is 5.78 Å². The van der Waals surface area contributed by atoms with E-state index in [0.717, 1.165) is 21.7 Å². The van der Waals surface area contributed by atoms with Gasteiger partial charge >= 0.3 is 0 Å². The molecule has 3 aromatic rings. The number of aromatic hydroxyl groups is 1. The molecule has 0 aliphatic heterocycles. The molecule has 0 atom stereocenters. The molecule has 0 spiro atoms. The topological polar surface area (TPSA) is 50.2 Å². The number of rotatable bonds is 2. The van der Waals surface area contributed by atoms with Gasteiger partial charge in [0.05, 0.1) is 4.88 Å². The monoisotopic (exact) mass is 331 g/mol. The van der Waals surface area contributed by atoms with Gasteiger partial charge < -0.3 is 5.11 Å². The maximum absolute atomic E-state index is 12.3. The molecular weight excluding hydrogens is 318 g/mol. The molecule has 4 rings (SSSR count). The lowest BCUT2D eigenvalue weighted by atomic mass is 9.91. The Kier molecular flexibility index (Phi) is 3.59. The van der Waals surface area contributed by atoms with E-state index in [1.807, 2.05) is 60.7 Å². The van der Waals surface area contributed by atoms with E-state index >= 15 is 0 Å². The van der Waals surface area contributed by atoms with Crippen molar-refractivity contribution >= 4 is 34.8 Å². The molecule has 0 saturated carbocycles. The standard InChI is InChI=1S/C20H13NO2S/c22-17-11-10-13-6-4-5-9-15(13)16(17)12-18-19(23)21-20(24-18)14-7-2-1-3-8-14/h1-12,23H. The van der Waals surface area contributed by atoms with Crippen LogP contribution >= 0.6 is 11.3 Å². The summed E-state index contributed by atoms with van der Waals surface area (Å²) in [6, 6.07) is 17.4. The van der Waals surface area contributed by atoms with Gasteiger partial charge in [0, 0.05) is 11.1 Å². The summed E-state index contributed by atoms with van der Waals surface area (Å²) < 4.78 is 0. The zero-order chi connectivity index (χ0) is 16.5. The van der Waals surface area contributed by atoms with Crippen LogP contribution in [0.4, 0.5) is 0 Å². The van der Waals surface area contributed by atoms with E-state index in [0.29, 0.717) is 10.5 Å². The van der Waals surface area contributed by atoms with E-state index in [9.17, 15) is 9.90 Å². The van der Waals surface area contributed by atoms with Crippen LogP contribution in [-0.4, -0.2) is 15.9 Å². The van der Waals surface area contributed by atoms with Crippen molar-refractivity contribution < 1.29 is 9.90 Å². The summed E-state index contributed by atoms with van der Waals surface area (Å²) in [5.74, 6) is -0.117. The molecule has 4 heteroatoms. The normalized spacial score (nSPS) is 14.8. The molecule has 116 valence electrons. The van der Waals surface area contributed by atoms with Gasteiger partial charge in [0.2, 0.25) is 5.88 Å². The number of benzene rings is 2. The Labute approximate surface area is 143 Å². The van der Waals surface area contributed by atoms with Crippen molar-refractivity contribution in [1.29, 1.82) is 0 Å². The number of hydrogen-bond donors (Lipinski definition) is 1. The van der Waals surface area contributed by atoms with Crippen LogP contribution in [0.25, 0.3) is 28.3 Å². The van der Waals surface area contributed by atoms with Crippen LogP contribution in [-0.2, 0) is 4.79 Å².